The molecule has 0 spiro atoms. The SMILES string of the molecule is CCOC(=O)c1cc2cccc(NC(=O)CCBr)c2[nH]1. The first kappa shape index (κ1) is 14.6. The normalized spacial score (nSPS) is 10.5. The predicted molar refractivity (Wildman–Crippen MR) is 81.3 cm³/mol. The molecule has 0 bridgehead atoms. The lowest BCUT2D eigenvalue weighted by Crippen LogP contribution is -2.11. The third-order valence-electron chi connectivity index (χ3n) is 2.75. The monoisotopic (exact) mass is 338 g/mol. The molecule has 2 N–H and O–H groups in total. The molecule has 106 valence electrons. The van der Waals surface area contributed by atoms with E-state index in [4.69, 9.17) is 4.74 Å². The molecule has 1 amide bonds. The Kier molecular flexibility index (Phi) is 4.79. The van der Waals surface area contributed by atoms with Crippen LogP contribution in [0.25, 0.3) is 10.9 Å². The Bertz CT molecular complexity index is 636. The summed E-state index contributed by atoms with van der Waals surface area (Å²) in [4.78, 5) is 26.4. The molecule has 0 aliphatic carbocycles. The Labute approximate surface area is 124 Å². The second-order valence-electron chi connectivity index (χ2n) is 4.16. The summed E-state index contributed by atoms with van der Waals surface area (Å²) in [6.07, 6.45) is 0.391. The van der Waals surface area contributed by atoms with Gasteiger partial charge in [0.1, 0.15) is 5.69 Å². The molecule has 0 aliphatic heterocycles. The Morgan fingerprint density at radius 3 is 2.90 bits per heavy atom. The molecule has 6 heteroatoms. The number of esters is 1. The highest BCUT2D eigenvalue weighted by Crippen LogP contribution is 2.24. The first-order chi connectivity index (χ1) is 9.65. The number of alkyl halides is 1. The summed E-state index contributed by atoms with van der Waals surface area (Å²) >= 11 is 3.22. The van der Waals surface area contributed by atoms with Gasteiger partial charge < -0.3 is 15.0 Å². The minimum Gasteiger partial charge on any atom is -0.461 e. The Balaban J connectivity index is 2.32. The standard InChI is InChI=1S/C14H15BrN2O3/c1-2-20-14(19)11-8-9-4-3-5-10(13(9)17-11)16-12(18)6-7-15/h3-5,8,17H,2,6-7H2,1H3,(H,16,18). The van der Waals surface area contributed by atoms with Gasteiger partial charge in [-0.1, -0.05) is 28.1 Å². The number of H-pyrrole nitrogens is 1. The highest BCUT2D eigenvalue weighted by molar-refractivity contribution is 9.09. The zero-order chi connectivity index (χ0) is 14.5. The molecule has 20 heavy (non-hydrogen) atoms. The van der Waals surface area contributed by atoms with Crippen molar-refractivity contribution in [2.24, 2.45) is 0 Å². The second kappa shape index (κ2) is 6.56. The minimum atomic E-state index is -0.401. The van der Waals surface area contributed by atoms with Crippen molar-refractivity contribution in [3.63, 3.8) is 0 Å². The maximum atomic E-state index is 11.7. The number of aromatic nitrogens is 1. The quantitative estimate of drug-likeness (QED) is 0.650. The number of anilines is 1. The van der Waals surface area contributed by atoms with Gasteiger partial charge in [-0.25, -0.2) is 4.79 Å². The van der Waals surface area contributed by atoms with E-state index in [2.05, 4.69) is 26.2 Å². The van der Waals surface area contributed by atoms with Crippen LogP contribution in [-0.2, 0) is 9.53 Å². The minimum absolute atomic E-state index is 0.0818. The number of fused-ring (bicyclic) bond motifs is 1. The number of hydrogen-bond acceptors (Lipinski definition) is 3. The molecular weight excluding hydrogens is 324 g/mol. The van der Waals surface area contributed by atoms with Gasteiger partial charge in [0.15, 0.2) is 0 Å². The van der Waals surface area contributed by atoms with Crippen LogP contribution in [0.4, 0.5) is 5.69 Å². The average molecular weight is 339 g/mol. The first-order valence-corrected chi connectivity index (χ1v) is 7.42. The van der Waals surface area contributed by atoms with Crippen LogP contribution in [0.1, 0.15) is 23.8 Å². The van der Waals surface area contributed by atoms with Gasteiger partial charge >= 0.3 is 5.97 Å². The van der Waals surface area contributed by atoms with Gasteiger partial charge in [-0.05, 0) is 19.1 Å². The molecule has 1 aromatic carbocycles. The Morgan fingerprint density at radius 2 is 2.20 bits per heavy atom. The highest BCUT2D eigenvalue weighted by atomic mass is 79.9. The van der Waals surface area contributed by atoms with Gasteiger partial charge in [-0.2, -0.15) is 0 Å². The van der Waals surface area contributed by atoms with Crippen LogP contribution in [0, 0.1) is 0 Å². The van der Waals surface area contributed by atoms with Crippen molar-refractivity contribution in [3.8, 4) is 0 Å². The van der Waals surface area contributed by atoms with Gasteiger partial charge in [-0.3, -0.25) is 4.79 Å². The molecule has 2 rings (SSSR count). The van der Waals surface area contributed by atoms with E-state index in [1.807, 2.05) is 12.1 Å². The smallest absolute Gasteiger partial charge is 0.354 e. The van der Waals surface area contributed by atoms with E-state index in [1.165, 1.54) is 0 Å². The van der Waals surface area contributed by atoms with Crippen LogP contribution >= 0.6 is 15.9 Å². The number of amides is 1. The molecule has 1 aromatic heterocycles. The molecule has 0 saturated heterocycles. The molecule has 0 aliphatic rings. The summed E-state index contributed by atoms with van der Waals surface area (Å²) in [5, 5.41) is 4.27. The molecule has 0 atom stereocenters. The lowest BCUT2D eigenvalue weighted by molar-refractivity contribution is -0.115. The van der Waals surface area contributed by atoms with Crippen molar-refractivity contribution in [3.05, 3.63) is 30.0 Å². The van der Waals surface area contributed by atoms with Gasteiger partial charge in [-0.15, -0.1) is 0 Å². The van der Waals surface area contributed by atoms with Crippen molar-refractivity contribution in [2.75, 3.05) is 17.3 Å². The van der Waals surface area contributed by atoms with Gasteiger partial charge in [0.05, 0.1) is 17.8 Å². The third-order valence-corrected chi connectivity index (χ3v) is 3.14. The molecule has 1 heterocycles. The average Bonchev–Trinajstić information content (AvgIpc) is 2.84. The molecule has 0 fully saturated rings. The fraction of sp³-hybridized carbons (Fsp3) is 0.286. The van der Waals surface area contributed by atoms with E-state index in [0.717, 1.165) is 10.9 Å². The Hall–Kier alpha value is -1.82. The second-order valence-corrected chi connectivity index (χ2v) is 4.95. The summed E-state index contributed by atoms with van der Waals surface area (Å²) in [6, 6.07) is 7.21. The van der Waals surface area contributed by atoms with E-state index >= 15 is 0 Å². The summed E-state index contributed by atoms with van der Waals surface area (Å²) in [6.45, 7) is 2.08. The number of para-hydroxylation sites is 1. The van der Waals surface area contributed by atoms with E-state index < -0.39 is 5.97 Å². The summed E-state index contributed by atoms with van der Waals surface area (Å²) in [7, 11) is 0. The number of nitrogens with one attached hydrogen (secondary N) is 2. The molecule has 5 nitrogen and oxygen atoms in total. The molecule has 0 radical (unpaired) electrons. The number of halogens is 1. The van der Waals surface area contributed by atoms with Gasteiger partial charge in [0.25, 0.3) is 0 Å². The molecule has 2 aromatic rings. The zero-order valence-electron chi connectivity index (χ0n) is 11.0. The van der Waals surface area contributed by atoms with Crippen LogP contribution in [0.3, 0.4) is 0 Å². The van der Waals surface area contributed by atoms with Crippen LogP contribution in [-0.4, -0.2) is 28.8 Å². The van der Waals surface area contributed by atoms with Gasteiger partial charge in [0.2, 0.25) is 5.91 Å². The molecule has 0 unspecified atom stereocenters. The van der Waals surface area contributed by atoms with Crippen LogP contribution in [0.5, 0.6) is 0 Å². The number of benzene rings is 1. The van der Waals surface area contributed by atoms with Crippen LogP contribution in [0.15, 0.2) is 24.3 Å². The van der Waals surface area contributed by atoms with Crippen molar-refractivity contribution in [2.45, 2.75) is 13.3 Å². The third kappa shape index (κ3) is 3.19. The van der Waals surface area contributed by atoms with Crippen molar-refractivity contribution in [1.82, 2.24) is 4.98 Å². The van der Waals surface area contributed by atoms with Crippen molar-refractivity contribution < 1.29 is 14.3 Å². The fourth-order valence-electron chi connectivity index (χ4n) is 1.88. The molecular formula is C14H15BrN2O3. The predicted octanol–water partition coefficient (Wildman–Crippen LogP) is 3.07. The van der Waals surface area contributed by atoms with E-state index in [0.29, 0.717) is 29.7 Å². The zero-order valence-corrected chi connectivity index (χ0v) is 12.6. The fourth-order valence-corrected chi connectivity index (χ4v) is 2.24. The van der Waals surface area contributed by atoms with E-state index in [1.54, 1.807) is 19.1 Å². The van der Waals surface area contributed by atoms with Crippen LogP contribution < -0.4 is 5.32 Å². The number of rotatable bonds is 5. The van der Waals surface area contributed by atoms with Crippen LogP contribution in [0.2, 0.25) is 0 Å². The highest BCUT2D eigenvalue weighted by Gasteiger charge is 2.13. The lowest BCUT2D eigenvalue weighted by atomic mass is 10.2. The Morgan fingerprint density at radius 1 is 1.40 bits per heavy atom. The first-order valence-electron chi connectivity index (χ1n) is 6.30. The summed E-state index contributed by atoms with van der Waals surface area (Å²) in [5.41, 5.74) is 1.76. The van der Waals surface area contributed by atoms with E-state index in [9.17, 15) is 9.59 Å². The lowest BCUT2D eigenvalue weighted by Gasteiger charge is -2.05. The van der Waals surface area contributed by atoms with Crippen molar-refractivity contribution >= 4 is 44.4 Å². The number of carbonyl (C=O) groups is 2. The number of carbonyl (C=O) groups excluding carboxylic acids is 2. The van der Waals surface area contributed by atoms with E-state index in [-0.39, 0.29) is 5.91 Å². The maximum absolute atomic E-state index is 11.7. The summed E-state index contributed by atoms with van der Waals surface area (Å²) < 4.78 is 4.95. The topological polar surface area (TPSA) is 71.2 Å². The largest absolute Gasteiger partial charge is 0.461 e. The molecule has 0 saturated carbocycles. The number of hydrogen-bond donors (Lipinski definition) is 2. The maximum Gasteiger partial charge on any atom is 0.354 e. The summed E-state index contributed by atoms with van der Waals surface area (Å²) in [5.74, 6) is -0.483. The number of ether oxygens (including phenoxy) is 1. The number of aromatic amines is 1. The van der Waals surface area contributed by atoms with Crippen molar-refractivity contribution in [1.29, 1.82) is 0 Å². The van der Waals surface area contributed by atoms with Gasteiger partial charge in [0, 0.05) is 17.1 Å².